The van der Waals surface area contributed by atoms with E-state index in [0.717, 1.165) is 50.2 Å². The molecule has 2 aromatic rings. The van der Waals surface area contributed by atoms with E-state index >= 15 is 0 Å². The van der Waals surface area contributed by atoms with Gasteiger partial charge in [-0.1, -0.05) is 6.07 Å². The number of likely N-dealkylation sites (tertiary alicyclic amines) is 2. The Morgan fingerprint density at radius 3 is 2.78 bits per heavy atom. The van der Waals surface area contributed by atoms with Crippen LogP contribution in [0.3, 0.4) is 0 Å². The van der Waals surface area contributed by atoms with Gasteiger partial charge in [-0.2, -0.15) is 0 Å². The predicted octanol–water partition coefficient (Wildman–Crippen LogP) is 2.23. The van der Waals surface area contributed by atoms with E-state index in [4.69, 9.17) is 0 Å². The lowest BCUT2D eigenvalue weighted by molar-refractivity contribution is -0.147. The molecule has 1 amide bonds. The number of fused-ring (bicyclic) bond motifs is 1. The summed E-state index contributed by atoms with van der Waals surface area (Å²) in [7, 11) is 0. The van der Waals surface area contributed by atoms with Gasteiger partial charge in [0.25, 0.3) is 5.56 Å². The third-order valence-corrected chi connectivity index (χ3v) is 6.07. The summed E-state index contributed by atoms with van der Waals surface area (Å²) in [6.07, 6.45) is 4.77. The van der Waals surface area contributed by atoms with Crippen LogP contribution in [-0.2, 0) is 11.3 Å². The van der Waals surface area contributed by atoms with Crippen LogP contribution in [0.15, 0.2) is 29.2 Å². The molecule has 2 aliphatic heterocycles. The third-order valence-electron chi connectivity index (χ3n) is 6.07. The number of carbonyl (C=O) groups is 1. The number of aryl methyl sites for hydroxylation is 1. The predicted molar refractivity (Wildman–Crippen MR) is 105 cm³/mol. The zero-order chi connectivity index (χ0) is 19.2. The lowest BCUT2D eigenvalue weighted by atomic mass is 9.78. The van der Waals surface area contributed by atoms with Crippen molar-refractivity contribution in [2.75, 3.05) is 19.6 Å². The second kappa shape index (κ2) is 6.75. The van der Waals surface area contributed by atoms with Gasteiger partial charge in [0.15, 0.2) is 0 Å². The van der Waals surface area contributed by atoms with Crippen LogP contribution in [-0.4, -0.2) is 50.8 Å². The van der Waals surface area contributed by atoms with Gasteiger partial charge in [0.05, 0.1) is 11.1 Å². The third kappa shape index (κ3) is 3.27. The van der Waals surface area contributed by atoms with Crippen LogP contribution in [0.5, 0.6) is 0 Å². The van der Waals surface area contributed by atoms with Gasteiger partial charge in [0.2, 0.25) is 5.91 Å². The van der Waals surface area contributed by atoms with Crippen LogP contribution >= 0.6 is 0 Å². The van der Waals surface area contributed by atoms with Crippen LogP contribution in [0.25, 0.3) is 5.65 Å². The van der Waals surface area contributed by atoms with Crippen molar-refractivity contribution < 1.29 is 4.79 Å². The number of amides is 1. The van der Waals surface area contributed by atoms with E-state index in [9.17, 15) is 9.59 Å². The topological polar surface area (TPSA) is 57.9 Å². The first-order valence-corrected chi connectivity index (χ1v) is 9.90. The van der Waals surface area contributed by atoms with Crippen molar-refractivity contribution in [1.82, 2.24) is 19.2 Å². The molecule has 1 unspecified atom stereocenters. The van der Waals surface area contributed by atoms with E-state index in [1.165, 1.54) is 0 Å². The molecule has 2 saturated heterocycles. The van der Waals surface area contributed by atoms with E-state index in [1.54, 1.807) is 10.5 Å². The highest BCUT2D eigenvalue weighted by Gasteiger charge is 2.48. The number of aromatic nitrogens is 2. The number of hydrogen-bond acceptors (Lipinski definition) is 4. The van der Waals surface area contributed by atoms with Crippen LogP contribution in [0.2, 0.25) is 0 Å². The van der Waals surface area contributed by atoms with Crippen molar-refractivity contribution >= 4 is 11.6 Å². The number of rotatable bonds is 3. The highest BCUT2D eigenvalue weighted by Crippen LogP contribution is 2.40. The summed E-state index contributed by atoms with van der Waals surface area (Å²) in [5.74, 6) is 0.313. The number of hydrogen-bond donors (Lipinski definition) is 0. The molecule has 6 nitrogen and oxygen atoms in total. The molecule has 0 aromatic carbocycles. The van der Waals surface area contributed by atoms with Crippen molar-refractivity contribution in [3.63, 3.8) is 0 Å². The van der Waals surface area contributed by atoms with Crippen molar-refractivity contribution in [2.24, 2.45) is 5.41 Å². The molecule has 4 heterocycles. The maximum Gasteiger partial charge on any atom is 0.258 e. The number of carbonyl (C=O) groups excluding carboxylic acids is 1. The molecule has 2 fully saturated rings. The largest absolute Gasteiger partial charge is 0.340 e. The molecule has 4 rings (SSSR count). The highest BCUT2D eigenvalue weighted by molar-refractivity contribution is 5.84. The summed E-state index contributed by atoms with van der Waals surface area (Å²) in [6, 6.07) is 5.74. The Kier molecular flexibility index (Phi) is 4.54. The van der Waals surface area contributed by atoms with Gasteiger partial charge in [-0.25, -0.2) is 4.98 Å². The monoisotopic (exact) mass is 368 g/mol. The summed E-state index contributed by atoms with van der Waals surface area (Å²) in [6.45, 7) is 9.30. The van der Waals surface area contributed by atoms with E-state index in [-0.39, 0.29) is 17.0 Å². The van der Waals surface area contributed by atoms with Crippen LogP contribution in [0.1, 0.15) is 44.4 Å². The average molecular weight is 368 g/mol. The van der Waals surface area contributed by atoms with Crippen LogP contribution in [0, 0.1) is 12.3 Å². The SMILES string of the molecule is Cc1ccc2nc(CN3CCC4(CCCN(C(C)C)C4=O)C3)cc(=O)n2c1. The molecule has 0 bridgehead atoms. The van der Waals surface area contributed by atoms with Crippen molar-refractivity contribution in [1.29, 1.82) is 0 Å². The second-order valence-corrected chi connectivity index (χ2v) is 8.46. The van der Waals surface area contributed by atoms with E-state index in [1.807, 2.05) is 30.2 Å². The zero-order valence-corrected chi connectivity index (χ0v) is 16.4. The van der Waals surface area contributed by atoms with Gasteiger partial charge < -0.3 is 4.90 Å². The summed E-state index contributed by atoms with van der Waals surface area (Å²) >= 11 is 0. The number of nitrogens with zero attached hydrogens (tertiary/aromatic N) is 4. The molecule has 0 aliphatic carbocycles. The number of piperidine rings is 1. The van der Waals surface area contributed by atoms with Crippen molar-refractivity contribution in [3.8, 4) is 0 Å². The Balaban J connectivity index is 1.53. The first-order chi connectivity index (χ1) is 12.9. The molecule has 0 N–H and O–H groups in total. The number of pyridine rings is 1. The van der Waals surface area contributed by atoms with Crippen molar-refractivity contribution in [3.05, 3.63) is 46.0 Å². The first kappa shape index (κ1) is 18.2. The van der Waals surface area contributed by atoms with E-state index in [0.29, 0.717) is 18.1 Å². The standard InChI is InChI=1S/C21H28N4O2/c1-15(2)24-9-4-7-21(20(24)27)8-10-23(14-21)13-17-11-19(26)25-12-16(3)5-6-18(25)22-17/h5-6,11-12,15H,4,7-10,13-14H2,1-3H3. The molecule has 27 heavy (non-hydrogen) atoms. The Bertz CT molecular complexity index is 935. The summed E-state index contributed by atoms with van der Waals surface area (Å²) in [4.78, 5) is 34.5. The second-order valence-electron chi connectivity index (χ2n) is 8.46. The van der Waals surface area contributed by atoms with Gasteiger partial charge in [-0.3, -0.25) is 18.9 Å². The molecule has 1 spiro atoms. The highest BCUT2D eigenvalue weighted by atomic mass is 16.2. The molecule has 1 atom stereocenters. The van der Waals surface area contributed by atoms with Gasteiger partial charge in [0, 0.05) is 37.9 Å². The molecular weight excluding hydrogens is 340 g/mol. The van der Waals surface area contributed by atoms with Crippen LogP contribution in [0.4, 0.5) is 0 Å². The van der Waals surface area contributed by atoms with Gasteiger partial charge in [0.1, 0.15) is 5.65 Å². The molecule has 0 radical (unpaired) electrons. The molecule has 6 heteroatoms. The lowest BCUT2D eigenvalue weighted by Crippen LogP contribution is -2.52. The Hall–Kier alpha value is -2.21. The summed E-state index contributed by atoms with van der Waals surface area (Å²) < 4.78 is 1.59. The Labute approximate surface area is 159 Å². The minimum absolute atomic E-state index is 0.0488. The average Bonchev–Trinajstić information content (AvgIpc) is 3.01. The minimum atomic E-state index is -0.245. The van der Waals surface area contributed by atoms with E-state index < -0.39 is 0 Å². The summed E-state index contributed by atoms with van der Waals surface area (Å²) in [5, 5.41) is 0. The molecule has 144 valence electrons. The Morgan fingerprint density at radius 1 is 1.19 bits per heavy atom. The molecule has 2 aliphatic rings. The smallest absolute Gasteiger partial charge is 0.258 e. The maximum atomic E-state index is 13.1. The van der Waals surface area contributed by atoms with Gasteiger partial charge >= 0.3 is 0 Å². The quantitative estimate of drug-likeness (QED) is 0.834. The Morgan fingerprint density at radius 2 is 2.00 bits per heavy atom. The normalized spacial score (nSPS) is 23.9. The van der Waals surface area contributed by atoms with Crippen LogP contribution < -0.4 is 5.56 Å². The zero-order valence-electron chi connectivity index (χ0n) is 16.4. The minimum Gasteiger partial charge on any atom is -0.340 e. The van der Waals surface area contributed by atoms with E-state index in [2.05, 4.69) is 23.7 Å². The maximum absolute atomic E-state index is 13.1. The fourth-order valence-electron chi connectivity index (χ4n) is 4.63. The van der Waals surface area contributed by atoms with Gasteiger partial charge in [-0.05, 0) is 58.2 Å². The fraction of sp³-hybridized carbons (Fsp3) is 0.571. The molecule has 2 aromatic heterocycles. The molecular formula is C21H28N4O2. The first-order valence-electron chi connectivity index (χ1n) is 9.90. The molecule has 0 saturated carbocycles. The lowest BCUT2D eigenvalue weighted by Gasteiger charge is -2.41. The summed E-state index contributed by atoms with van der Waals surface area (Å²) in [5.41, 5.74) is 2.20. The van der Waals surface area contributed by atoms with Gasteiger partial charge in [-0.15, -0.1) is 0 Å². The van der Waals surface area contributed by atoms with Crippen molar-refractivity contribution in [2.45, 2.75) is 52.6 Å². The fourth-order valence-corrected chi connectivity index (χ4v) is 4.63.